The number of ether oxygens (including phenoxy) is 1. The molecule has 1 saturated carbocycles. The van der Waals surface area contributed by atoms with E-state index < -0.39 is 6.04 Å². The fourth-order valence-corrected chi connectivity index (χ4v) is 2.82. The van der Waals surface area contributed by atoms with Crippen LogP contribution in [0.3, 0.4) is 0 Å². The zero-order valence-electron chi connectivity index (χ0n) is 12.8. The van der Waals surface area contributed by atoms with Crippen LogP contribution in [0.2, 0.25) is 0 Å². The highest BCUT2D eigenvalue weighted by Gasteiger charge is 2.45. The summed E-state index contributed by atoms with van der Waals surface area (Å²) in [5.74, 6) is 0.388. The number of carbonyl (C=O) groups is 2. The van der Waals surface area contributed by atoms with Crippen LogP contribution in [0, 0.1) is 5.92 Å². The maximum absolute atomic E-state index is 12.3. The lowest BCUT2D eigenvalue weighted by Gasteiger charge is -2.32. The van der Waals surface area contributed by atoms with Crippen LogP contribution in [-0.4, -0.2) is 79.6 Å². The van der Waals surface area contributed by atoms with Crippen LogP contribution in [0.5, 0.6) is 0 Å². The number of amides is 2. The molecule has 0 radical (unpaired) electrons. The Kier molecular flexibility index (Phi) is 4.52. The second-order valence-electron chi connectivity index (χ2n) is 5.85. The number of rotatable bonds is 6. The highest BCUT2D eigenvalue weighted by atomic mass is 16.5. The van der Waals surface area contributed by atoms with Gasteiger partial charge in [0.05, 0.1) is 13.2 Å². The summed E-state index contributed by atoms with van der Waals surface area (Å²) in [5, 5.41) is 0. The van der Waals surface area contributed by atoms with E-state index in [9.17, 15) is 9.59 Å². The Morgan fingerprint density at radius 2 is 2.15 bits per heavy atom. The van der Waals surface area contributed by atoms with Crippen molar-refractivity contribution < 1.29 is 14.3 Å². The Bertz CT molecular complexity index is 384. The molecule has 1 saturated heterocycles. The molecule has 2 atom stereocenters. The van der Waals surface area contributed by atoms with Crippen LogP contribution in [0.25, 0.3) is 0 Å². The van der Waals surface area contributed by atoms with Crippen molar-refractivity contribution in [3.8, 4) is 0 Å². The molecular weight excluding hydrogens is 258 g/mol. The van der Waals surface area contributed by atoms with Crippen LogP contribution in [0.1, 0.15) is 19.8 Å². The third-order valence-corrected chi connectivity index (χ3v) is 4.43. The van der Waals surface area contributed by atoms with Gasteiger partial charge in [0.15, 0.2) is 0 Å². The van der Waals surface area contributed by atoms with Crippen LogP contribution >= 0.6 is 0 Å². The number of likely N-dealkylation sites (N-methyl/N-ethyl adjacent to an activating group) is 2. The van der Waals surface area contributed by atoms with E-state index in [-0.39, 0.29) is 18.0 Å². The number of methoxy groups -OCH3 is 1. The van der Waals surface area contributed by atoms with Gasteiger partial charge in [-0.05, 0) is 32.4 Å². The lowest BCUT2D eigenvalue weighted by atomic mass is 10.1. The third kappa shape index (κ3) is 2.90. The van der Waals surface area contributed by atoms with E-state index in [4.69, 9.17) is 4.74 Å². The molecule has 2 amide bonds. The van der Waals surface area contributed by atoms with Crippen molar-refractivity contribution in [2.24, 2.45) is 5.92 Å². The van der Waals surface area contributed by atoms with E-state index in [1.54, 1.807) is 11.9 Å². The number of carbonyl (C=O) groups excluding carboxylic acids is 2. The average Bonchev–Trinajstić information content (AvgIpc) is 3.22. The Labute approximate surface area is 120 Å². The fourth-order valence-electron chi connectivity index (χ4n) is 2.82. The zero-order valence-corrected chi connectivity index (χ0v) is 12.8. The number of esters is 1. The lowest BCUT2D eigenvalue weighted by Crippen LogP contribution is -2.53. The topological polar surface area (TPSA) is 53.1 Å². The van der Waals surface area contributed by atoms with Gasteiger partial charge in [0.25, 0.3) is 0 Å². The first kappa shape index (κ1) is 15.1. The average molecular weight is 283 g/mol. The summed E-state index contributed by atoms with van der Waals surface area (Å²) in [6.45, 7) is 4.16. The molecule has 114 valence electrons. The molecule has 0 bridgehead atoms. The maximum Gasteiger partial charge on any atom is 0.325 e. The van der Waals surface area contributed by atoms with Gasteiger partial charge in [-0.2, -0.15) is 0 Å². The van der Waals surface area contributed by atoms with E-state index in [1.807, 2.05) is 23.8 Å². The van der Waals surface area contributed by atoms with E-state index >= 15 is 0 Å². The molecule has 2 fully saturated rings. The number of urea groups is 1. The van der Waals surface area contributed by atoms with Crippen molar-refractivity contribution in [1.29, 1.82) is 0 Å². The summed E-state index contributed by atoms with van der Waals surface area (Å²) in [7, 11) is 5.07. The first-order valence-corrected chi connectivity index (χ1v) is 7.29. The molecule has 0 aromatic heterocycles. The standard InChI is InChI=1S/C14H25N3O3/c1-5-15(2)12(13(18)20-4)11-9-17(8-10-6-7-10)14(19)16(11)3/h10-12H,5-9H2,1-4H3/t11-,12+/m0/s1. The summed E-state index contributed by atoms with van der Waals surface area (Å²) in [6.07, 6.45) is 2.43. The molecule has 6 nitrogen and oxygen atoms in total. The predicted octanol–water partition coefficient (Wildman–Crippen LogP) is 0.626. The molecule has 0 spiro atoms. The molecule has 0 N–H and O–H groups in total. The summed E-state index contributed by atoms with van der Waals surface area (Å²) in [5.41, 5.74) is 0. The van der Waals surface area contributed by atoms with Crippen LogP contribution < -0.4 is 0 Å². The highest BCUT2D eigenvalue weighted by molar-refractivity contribution is 5.82. The van der Waals surface area contributed by atoms with Crippen molar-refractivity contribution in [2.45, 2.75) is 31.8 Å². The summed E-state index contributed by atoms with van der Waals surface area (Å²) in [6, 6.07) is -0.512. The van der Waals surface area contributed by atoms with Gasteiger partial charge in [0.1, 0.15) is 6.04 Å². The molecule has 0 aromatic carbocycles. The largest absolute Gasteiger partial charge is 0.468 e. The second kappa shape index (κ2) is 5.99. The maximum atomic E-state index is 12.3. The Hall–Kier alpha value is -1.30. The van der Waals surface area contributed by atoms with Crippen molar-refractivity contribution in [1.82, 2.24) is 14.7 Å². The van der Waals surface area contributed by atoms with Crippen LogP contribution in [-0.2, 0) is 9.53 Å². The number of nitrogens with zero attached hydrogens (tertiary/aromatic N) is 3. The molecule has 6 heteroatoms. The molecule has 0 aromatic rings. The monoisotopic (exact) mass is 283 g/mol. The summed E-state index contributed by atoms with van der Waals surface area (Å²) >= 11 is 0. The van der Waals surface area contributed by atoms with Gasteiger partial charge >= 0.3 is 12.0 Å². The number of hydrogen-bond acceptors (Lipinski definition) is 4. The predicted molar refractivity (Wildman–Crippen MR) is 75.4 cm³/mol. The second-order valence-corrected chi connectivity index (χ2v) is 5.85. The van der Waals surface area contributed by atoms with Gasteiger partial charge in [-0.1, -0.05) is 6.92 Å². The fraction of sp³-hybridized carbons (Fsp3) is 0.857. The van der Waals surface area contributed by atoms with Gasteiger partial charge in [-0.15, -0.1) is 0 Å². The van der Waals surface area contributed by atoms with E-state index in [0.717, 1.165) is 13.1 Å². The van der Waals surface area contributed by atoms with Gasteiger partial charge in [0, 0.05) is 20.1 Å². The van der Waals surface area contributed by atoms with E-state index in [0.29, 0.717) is 12.5 Å². The van der Waals surface area contributed by atoms with Gasteiger partial charge in [0.2, 0.25) is 0 Å². The quantitative estimate of drug-likeness (QED) is 0.671. The Balaban J connectivity index is 2.11. The minimum absolute atomic E-state index is 0.0281. The zero-order chi connectivity index (χ0) is 14.9. The Morgan fingerprint density at radius 1 is 1.50 bits per heavy atom. The minimum atomic E-state index is -0.400. The Morgan fingerprint density at radius 3 is 2.65 bits per heavy atom. The molecule has 2 aliphatic rings. The SMILES string of the molecule is CCN(C)[C@@H](C(=O)OC)[C@@H]1CN(CC2CC2)C(=O)N1C. The van der Waals surface area contributed by atoms with Gasteiger partial charge in [-0.25, -0.2) is 4.79 Å². The third-order valence-electron chi connectivity index (χ3n) is 4.43. The molecule has 1 aliphatic heterocycles. The van der Waals surface area contributed by atoms with Gasteiger partial charge < -0.3 is 14.5 Å². The first-order valence-electron chi connectivity index (χ1n) is 7.29. The smallest absolute Gasteiger partial charge is 0.325 e. The highest BCUT2D eigenvalue weighted by Crippen LogP contribution is 2.32. The molecule has 1 heterocycles. The van der Waals surface area contributed by atoms with E-state index in [1.165, 1.54) is 20.0 Å². The molecule has 0 unspecified atom stereocenters. The molecule has 2 rings (SSSR count). The molecule has 20 heavy (non-hydrogen) atoms. The first-order chi connectivity index (χ1) is 9.49. The van der Waals surface area contributed by atoms with Crippen LogP contribution in [0.15, 0.2) is 0 Å². The minimum Gasteiger partial charge on any atom is -0.468 e. The molecular formula is C14H25N3O3. The summed E-state index contributed by atoms with van der Waals surface area (Å²) in [4.78, 5) is 29.9. The van der Waals surface area contributed by atoms with Crippen LogP contribution in [0.4, 0.5) is 4.79 Å². The lowest BCUT2D eigenvalue weighted by molar-refractivity contribution is -0.148. The van der Waals surface area contributed by atoms with Crippen molar-refractivity contribution in [3.63, 3.8) is 0 Å². The summed E-state index contributed by atoms with van der Waals surface area (Å²) < 4.78 is 4.92. The molecule has 1 aliphatic carbocycles. The number of hydrogen-bond donors (Lipinski definition) is 0. The van der Waals surface area contributed by atoms with Crippen molar-refractivity contribution >= 4 is 12.0 Å². The normalized spacial score (nSPS) is 24.4. The van der Waals surface area contributed by atoms with Gasteiger partial charge in [-0.3, -0.25) is 9.69 Å². The van der Waals surface area contributed by atoms with Crippen molar-refractivity contribution in [2.75, 3.05) is 40.8 Å². The van der Waals surface area contributed by atoms with E-state index in [2.05, 4.69) is 0 Å². The van der Waals surface area contributed by atoms with Crippen molar-refractivity contribution in [3.05, 3.63) is 0 Å².